The number of hydrogen-bond acceptors (Lipinski definition) is 4. The Bertz CT molecular complexity index is 687. The summed E-state index contributed by atoms with van der Waals surface area (Å²) in [5.41, 5.74) is 1.50. The van der Waals surface area contributed by atoms with Crippen LogP contribution in [0.15, 0.2) is 6.20 Å². The number of aryl methyl sites for hydroxylation is 2. The number of carbonyl (C=O) groups is 1. The predicted molar refractivity (Wildman–Crippen MR) is 77.7 cm³/mol. The molecule has 21 heavy (non-hydrogen) atoms. The standard InChI is InChI=1S/C15H19N3O3/c1-9-12-13(21-8-10-5-3-4-6-10)11(15(19)20)7-16-14(12)18(2)17-9/h7,10H,3-6,8H2,1-2H3,(H,19,20). The molecule has 0 spiro atoms. The summed E-state index contributed by atoms with van der Waals surface area (Å²) in [7, 11) is 1.80. The van der Waals surface area contributed by atoms with Crippen LogP contribution in [0.25, 0.3) is 11.0 Å². The molecule has 112 valence electrons. The van der Waals surface area contributed by atoms with Crippen LogP contribution in [0.5, 0.6) is 5.75 Å². The molecule has 6 nitrogen and oxygen atoms in total. The molecular formula is C15H19N3O3. The van der Waals surface area contributed by atoms with Crippen LogP contribution in [0.3, 0.4) is 0 Å². The molecule has 1 aliphatic rings. The second-order valence-electron chi connectivity index (χ2n) is 5.68. The highest BCUT2D eigenvalue weighted by molar-refractivity contribution is 5.98. The lowest BCUT2D eigenvalue weighted by Crippen LogP contribution is -2.11. The number of pyridine rings is 1. The van der Waals surface area contributed by atoms with E-state index in [0.29, 0.717) is 29.3 Å². The Kier molecular flexibility index (Phi) is 3.53. The van der Waals surface area contributed by atoms with Crippen molar-refractivity contribution >= 4 is 17.0 Å². The van der Waals surface area contributed by atoms with E-state index < -0.39 is 5.97 Å². The fourth-order valence-electron chi connectivity index (χ4n) is 3.06. The van der Waals surface area contributed by atoms with Gasteiger partial charge in [-0.05, 0) is 25.7 Å². The fourth-order valence-corrected chi connectivity index (χ4v) is 3.06. The first-order valence-corrected chi connectivity index (χ1v) is 7.26. The zero-order valence-corrected chi connectivity index (χ0v) is 12.3. The van der Waals surface area contributed by atoms with Gasteiger partial charge in [-0.1, -0.05) is 12.8 Å². The summed E-state index contributed by atoms with van der Waals surface area (Å²) < 4.78 is 7.57. The molecule has 1 aliphatic carbocycles. The Labute approximate surface area is 122 Å². The van der Waals surface area contributed by atoms with Crippen molar-refractivity contribution in [2.75, 3.05) is 6.61 Å². The van der Waals surface area contributed by atoms with Crippen LogP contribution in [-0.2, 0) is 7.05 Å². The van der Waals surface area contributed by atoms with Gasteiger partial charge in [0.05, 0.1) is 17.7 Å². The van der Waals surface area contributed by atoms with Crippen molar-refractivity contribution in [1.82, 2.24) is 14.8 Å². The number of carboxylic acids is 1. The molecule has 2 heterocycles. The highest BCUT2D eigenvalue weighted by atomic mass is 16.5. The van der Waals surface area contributed by atoms with Gasteiger partial charge in [-0.25, -0.2) is 9.78 Å². The first-order valence-electron chi connectivity index (χ1n) is 7.26. The highest BCUT2D eigenvalue weighted by Gasteiger charge is 2.23. The minimum atomic E-state index is -1.02. The Hall–Kier alpha value is -2.11. The maximum Gasteiger partial charge on any atom is 0.341 e. The summed E-state index contributed by atoms with van der Waals surface area (Å²) in [4.78, 5) is 15.6. The van der Waals surface area contributed by atoms with Crippen LogP contribution in [0.2, 0.25) is 0 Å². The lowest BCUT2D eigenvalue weighted by Gasteiger charge is -2.14. The van der Waals surface area contributed by atoms with Crippen molar-refractivity contribution in [3.63, 3.8) is 0 Å². The summed E-state index contributed by atoms with van der Waals surface area (Å²) in [6.45, 7) is 2.41. The van der Waals surface area contributed by atoms with Crippen molar-refractivity contribution in [3.05, 3.63) is 17.5 Å². The molecule has 0 aromatic carbocycles. The highest BCUT2D eigenvalue weighted by Crippen LogP contribution is 2.32. The van der Waals surface area contributed by atoms with Crippen molar-refractivity contribution in [2.45, 2.75) is 32.6 Å². The molecule has 0 aliphatic heterocycles. The first-order chi connectivity index (χ1) is 10.1. The van der Waals surface area contributed by atoms with Crippen LogP contribution < -0.4 is 4.74 Å². The fraction of sp³-hybridized carbons (Fsp3) is 0.533. The zero-order chi connectivity index (χ0) is 15.0. The van der Waals surface area contributed by atoms with Crippen LogP contribution in [0.4, 0.5) is 0 Å². The second kappa shape index (κ2) is 5.35. The van der Waals surface area contributed by atoms with Gasteiger partial charge in [0.2, 0.25) is 0 Å². The Morgan fingerprint density at radius 1 is 1.48 bits per heavy atom. The van der Waals surface area contributed by atoms with E-state index in [4.69, 9.17) is 4.74 Å². The molecule has 3 rings (SSSR count). The number of rotatable bonds is 4. The molecule has 1 N–H and O–H groups in total. The van der Waals surface area contributed by atoms with Gasteiger partial charge in [0.25, 0.3) is 0 Å². The lowest BCUT2D eigenvalue weighted by atomic mass is 10.1. The second-order valence-corrected chi connectivity index (χ2v) is 5.68. The van der Waals surface area contributed by atoms with Gasteiger partial charge in [0, 0.05) is 13.2 Å². The number of ether oxygens (including phenoxy) is 1. The van der Waals surface area contributed by atoms with E-state index in [1.807, 2.05) is 6.92 Å². The van der Waals surface area contributed by atoms with Gasteiger partial charge in [-0.2, -0.15) is 5.10 Å². The Morgan fingerprint density at radius 3 is 2.86 bits per heavy atom. The molecule has 0 bridgehead atoms. The summed E-state index contributed by atoms with van der Waals surface area (Å²) in [5, 5.41) is 14.4. The van der Waals surface area contributed by atoms with Crippen molar-refractivity contribution in [1.29, 1.82) is 0 Å². The van der Waals surface area contributed by atoms with E-state index in [1.54, 1.807) is 11.7 Å². The van der Waals surface area contributed by atoms with Gasteiger partial charge >= 0.3 is 5.97 Å². The average molecular weight is 289 g/mol. The van der Waals surface area contributed by atoms with Gasteiger partial charge in [-0.15, -0.1) is 0 Å². The third kappa shape index (κ3) is 2.46. The summed E-state index contributed by atoms with van der Waals surface area (Å²) in [6.07, 6.45) is 6.13. The van der Waals surface area contributed by atoms with E-state index in [9.17, 15) is 9.90 Å². The monoisotopic (exact) mass is 289 g/mol. The van der Waals surface area contributed by atoms with E-state index >= 15 is 0 Å². The molecule has 1 saturated carbocycles. The van der Waals surface area contributed by atoms with Crippen LogP contribution in [-0.4, -0.2) is 32.4 Å². The molecule has 0 unspecified atom stereocenters. The van der Waals surface area contributed by atoms with Crippen molar-refractivity contribution in [2.24, 2.45) is 13.0 Å². The lowest BCUT2D eigenvalue weighted by molar-refractivity contribution is 0.0691. The number of hydrogen-bond donors (Lipinski definition) is 1. The van der Waals surface area contributed by atoms with Crippen LogP contribution in [0, 0.1) is 12.8 Å². The maximum atomic E-state index is 11.4. The minimum Gasteiger partial charge on any atom is -0.491 e. The van der Waals surface area contributed by atoms with Gasteiger partial charge in [0.1, 0.15) is 11.3 Å². The molecule has 2 aromatic heterocycles. The third-order valence-electron chi connectivity index (χ3n) is 4.15. The Balaban J connectivity index is 2.03. The normalized spacial score (nSPS) is 15.7. The number of carboxylic acid groups (broad SMARTS) is 1. The first kappa shape index (κ1) is 13.9. The van der Waals surface area contributed by atoms with E-state index in [1.165, 1.54) is 19.0 Å². The number of nitrogens with zero attached hydrogens (tertiary/aromatic N) is 3. The van der Waals surface area contributed by atoms with Gasteiger partial charge in [0.15, 0.2) is 5.65 Å². The molecule has 0 radical (unpaired) electrons. The maximum absolute atomic E-state index is 11.4. The van der Waals surface area contributed by atoms with E-state index in [2.05, 4.69) is 10.1 Å². The smallest absolute Gasteiger partial charge is 0.341 e. The summed E-state index contributed by atoms with van der Waals surface area (Å²) in [5.74, 6) is -0.0917. The quantitative estimate of drug-likeness (QED) is 0.936. The molecule has 1 fully saturated rings. The SMILES string of the molecule is Cc1nn(C)c2ncc(C(=O)O)c(OCC3CCCC3)c12. The van der Waals surface area contributed by atoms with E-state index in [-0.39, 0.29) is 5.56 Å². The third-order valence-corrected chi connectivity index (χ3v) is 4.15. The molecular weight excluding hydrogens is 270 g/mol. The number of aromatic nitrogens is 3. The van der Waals surface area contributed by atoms with E-state index in [0.717, 1.165) is 18.5 Å². The average Bonchev–Trinajstić information content (AvgIpc) is 3.05. The molecule has 0 saturated heterocycles. The predicted octanol–water partition coefficient (Wildman–Crippen LogP) is 2.54. The summed E-state index contributed by atoms with van der Waals surface area (Å²) >= 11 is 0. The topological polar surface area (TPSA) is 77.2 Å². The van der Waals surface area contributed by atoms with Crippen LogP contribution >= 0.6 is 0 Å². The summed E-state index contributed by atoms with van der Waals surface area (Å²) in [6, 6.07) is 0. The molecule has 0 atom stereocenters. The minimum absolute atomic E-state index is 0.108. The molecule has 6 heteroatoms. The molecule has 0 amide bonds. The number of fused-ring (bicyclic) bond motifs is 1. The van der Waals surface area contributed by atoms with Crippen molar-refractivity contribution < 1.29 is 14.6 Å². The Morgan fingerprint density at radius 2 is 2.19 bits per heavy atom. The number of aromatic carboxylic acids is 1. The van der Waals surface area contributed by atoms with Crippen LogP contribution in [0.1, 0.15) is 41.7 Å². The zero-order valence-electron chi connectivity index (χ0n) is 12.3. The largest absolute Gasteiger partial charge is 0.491 e. The molecule has 2 aromatic rings. The van der Waals surface area contributed by atoms with Gasteiger partial charge in [-0.3, -0.25) is 4.68 Å². The van der Waals surface area contributed by atoms with Gasteiger partial charge < -0.3 is 9.84 Å². The van der Waals surface area contributed by atoms with Crippen molar-refractivity contribution in [3.8, 4) is 5.75 Å².